The van der Waals surface area contributed by atoms with Gasteiger partial charge >= 0.3 is 0 Å². The molecule has 0 saturated heterocycles. The van der Waals surface area contributed by atoms with Gasteiger partial charge in [-0.1, -0.05) is 12.5 Å². The molecule has 0 unspecified atom stereocenters. The Kier molecular flexibility index (Phi) is 7.77. The maximum atomic E-state index is 13.6. The van der Waals surface area contributed by atoms with Crippen molar-refractivity contribution in [2.24, 2.45) is 0 Å². The SMILES string of the molecule is O[C@@H]1COc2ccc(F)cc2CCCCCN(Cc2ccccn2)CC[C@@H]1O. The van der Waals surface area contributed by atoms with Crippen LogP contribution in [0, 0.1) is 5.82 Å². The number of nitrogens with zero attached hydrogens (tertiary/aromatic N) is 2. The van der Waals surface area contributed by atoms with Crippen molar-refractivity contribution in [3.05, 3.63) is 59.7 Å². The molecule has 1 aromatic heterocycles. The van der Waals surface area contributed by atoms with Crippen LogP contribution >= 0.6 is 0 Å². The minimum Gasteiger partial charge on any atom is -0.491 e. The summed E-state index contributed by atoms with van der Waals surface area (Å²) in [5, 5.41) is 20.6. The molecule has 0 bridgehead atoms. The van der Waals surface area contributed by atoms with Crippen molar-refractivity contribution >= 4 is 0 Å². The van der Waals surface area contributed by atoms with Gasteiger partial charge in [0.2, 0.25) is 0 Å². The largest absolute Gasteiger partial charge is 0.491 e. The van der Waals surface area contributed by atoms with E-state index in [0.29, 0.717) is 25.3 Å². The fourth-order valence-electron chi connectivity index (χ4n) is 3.50. The average molecular weight is 388 g/mol. The average Bonchev–Trinajstić information content (AvgIpc) is 2.70. The minimum absolute atomic E-state index is 0.0138. The van der Waals surface area contributed by atoms with Crippen molar-refractivity contribution < 1.29 is 19.3 Å². The van der Waals surface area contributed by atoms with Gasteiger partial charge in [-0.25, -0.2) is 4.39 Å². The molecule has 2 aromatic rings. The Labute approximate surface area is 165 Å². The summed E-state index contributed by atoms with van der Waals surface area (Å²) in [7, 11) is 0. The number of rotatable bonds is 2. The summed E-state index contributed by atoms with van der Waals surface area (Å²) in [6.45, 7) is 2.27. The van der Waals surface area contributed by atoms with E-state index in [1.165, 1.54) is 12.1 Å². The standard InChI is InChI=1S/C22H29FN2O3/c23-18-8-9-22-17(14-18)6-2-1-5-12-25(15-19-7-3-4-11-24-19)13-10-20(26)21(27)16-28-22/h3-4,7-9,11,14,20-21,26-27H,1-2,5-6,10,12-13,15-16H2/t20-,21+/m0/s1. The Morgan fingerprint density at radius 1 is 1.07 bits per heavy atom. The lowest BCUT2D eigenvalue weighted by Crippen LogP contribution is -2.36. The summed E-state index contributed by atoms with van der Waals surface area (Å²) in [6, 6.07) is 10.3. The first-order valence-electron chi connectivity index (χ1n) is 10.0. The van der Waals surface area contributed by atoms with Gasteiger partial charge in [0.15, 0.2) is 0 Å². The van der Waals surface area contributed by atoms with Gasteiger partial charge in [-0.05, 0) is 68.1 Å². The molecule has 5 nitrogen and oxygen atoms in total. The number of benzene rings is 1. The second-order valence-electron chi connectivity index (χ2n) is 7.39. The quantitative estimate of drug-likeness (QED) is 0.828. The number of ether oxygens (including phenoxy) is 1. The topological polar surface area (TPSA) is 65.8 Å². The zero-order valence-electron chi connectivity index (χ0n) is 16.1. The number of halogens is 1. The first kappa shape index (κ1) is 20.7. The van der Waals surface area contributed by atoms with Gasteiger partial charge in [-0.2, -0.15) is 0 Å². The highest BCUT2D eigenvalue weighted by molar-refractivity contribution is 5.34. The number of hydrogen-bond donors (Lipinski definition) is 2. The Bertz CT molecular complexity index is 729. The molecule has 1 aliphatic heterocycles. The second kappa shape index (κ2) is 10.5. The van der Waals surface area contributed by atoms with E-state index in [4.69, 9.17) is 4.74 Å². The Hall–Kier alpha value is -2.02. The maximum Gasteiger partial charge on any atom is 0.123 e. The van der Waals surface area contributed by atoms with Crippen molar-refractivity contribution in [1.29, 1.82) is 0 Å². The van der Waals surface area contributed by atoms with Crippen LogP contribution in [0.3, 0.4) is 0 Å². The number of fused-ring (bicyclic) bond motifs is 1. The van der Waals surface area contributed by atoms with Crippen LogP contribution in [-0.4, -0.2) is 52.0 Å². The molecule has 152 valence electrons. The molecule has 0 aliphatic carbocycles. The van der Waals surface area contributed by atoms with E-state index in [2.05, 4.69) is 9.88 Å². The molecule has 0 saturated carbocycles. The molecule has 1 aromatic carbocycles. The highest BCUT2D eigenvalue weighted by atomic mass is 19.1. The number of pyridine rings is 1. The molecule has 2 atom stereocenters. The Morgan fingerprint density at radius 3 is 2.79 bits per heavy atom. The third-order valence-corrected chi connectivity index (χ3v) is 5.15. The molecule has 0 amide bonds. The van der Waals surface area contributed by atoms with Crippen LogP contribution in [0.2, 0.25) is 0 Å². The third-order valence-electron chi connectivity index (χ3n) is 5.15. The third kappa shape index (κ3) is 6.26. The molecule has 6 heteroatoms. The summed E-state index contributed by atoms with van der Waals surface area (Å²) in [5.41, 5.74) is 1.80. The van der Waals surface area contributed by atoms with Gasteiger partial charge in [0.1, 0.15) is 24.3 Å². The summed E-state index contributed by atoms with van der Waals surface area (Å²) in [4.78, 5) is 6.65. The zero-order valence-corrected chi connectivity index (χ0v) is 16.1. The maximum absolute atomic E-state index is 13.6. The first-order chi connectivity index (χ1) is 13.6. The predicted molar refractivity (Wildman–Crippen MR) is 106 cm³/mol. The molecule has 1 aliphatic rings. The van der Waals surface area contributed by atoms with Gasteiger partial charge < -0.3 is 14.9 Å². The highest BCUT2D eigenvalue weighted by Gasteiger charge is 2.20. The van der Waals surface area contributed by atoms with E-state index in [9.17, 15) is 14.6 Å². The van der Waals surface area contributed by atoms with Crippen molar-refractivity contribution in [1.82, 2.24) is 9.88 Å². The summed E-state index contributed by atoms with van der Waals surface area (Å²) in [5.74, 6) is 0.298. The normalized spacial score (nSPS) is 22.7. The van der Waals surface area contributed by atoms with Crippen LogP contribution in [-0.2, 0) is 13.0 Å². The monoisotopic (exact) mass is 388 g/mol. The Morgan fingerprint density at radius 2 is 1.96 bits per heavy atom. The van der Waals surface area contributed by atoms with Gasteiger partial charge in [-0.3, -0.25) is 9.88 Å². The molecular weight excluding hydrogens is 359 g/mol. The van der Waals surface area contributed by atoms with Gasteiger partial charge in [0.05, 0.1) is 11.8 Å². The minimum atomic E-state index is -0.988. The van der Waals surface area contributed by atoms with E-state index >= 15 is 0 Å². The number of aliphatic hydroxyl groups excluding tert-OH is 2. The van der Waals surface area contributed by atoms with Crippen molar-refractivity contribution in [2.45, 2.75) is 50.9 Å². The smallest absolute Gasteiger partial charge is 0.123 e. The van der Waals surface area contributed by atoms with Crippen molar-refractivity contribution in [2.75, 3.05) is 19.7 Å². The summed E-state index contributed by atoms with van der Waals surface area (Å²) < 4.78 is 19.3. The second-order valence-corrected chi connectivity index (χ2v) is 7.39. The Balaban J connectivity index is 1.67. The van der Waals surface area contributed by atoms with Gasteiger partial charge in [0, 0.05) is 19.3 Å². The number of aryl methyl sites for hydroxylation is 1. The molecule has 2 heterocycles. The van der Waals surface area contributed by atoms with Gasteiger partial charge in [0.25, 0.3) is 0 Å². The fourth-order valence-corrected chi connectivity index (χ4v) is 3.50. The van der Waals surface area contributed by atoms with Crippen molar-refractivity contribution in [3.63, 3.8) is 0 Å². The van der Waals surface area contributed by atoms with Crippen LogP contribution in [0.5, 0.6) is 5.75 Å². The van der Waals surface area contributed by atoms with E-state index in [-0.39, 0.29) is 12.4 Å². The molecule has 2 N–H and O–H groups in total. The van der Waals surface area contributed by atoms with E-state index in [1.54, 1.807) is 12.3 Å². The molecule has 0 fully saturated rings. The van der Waals surface area contributed by atoms with E-state index in [0.717, 1.165) is 43.5 Å². The molecular formula is C22H29FN2O3. The molecule has 0 spiro atoms. The van der Waals surface area contributed by atoms with Crippen LogP contribution in [0.25, 0.3) is 0 Å². The van der Waals surface area contributed by atoms with Crippen LogP contribution < -0.4 is 4.74 Å². The lowest BCUT2D eigenvalue weighted by molar-refractivity contribution is -0.0163. The lowest BCUT2D eigenvalue weighted by atomic mass is 10.0. The highest BCUT2D eigenvalue weighted by Crippen LogP contribution is 2.23. The van der Waals surface area contributed by atoms with E-state index < -0.39 is 12.2 Å². The molecule has 3 rings (SSSR count). The molecule has 0 radical (unpaired) electrons. The van der Waals surface area contributed by atoms with Crippen LogP contribution in [0.1, 0.15) is 36.9 Å². The zero-order chi connectivity index (χ0) is 19.8. The lowest BCUT2D eigenvalue weighted by Gasteiger charge is -2.26. The van der Waals surface area contributed by atoms with E-state index in [1.807, 2.05) is 18.2 Å². The number of aliphatic hydroxyl groups is 2. The summed E-state index contributed by atoms with van der Waals surface area (Å²) in [6.07, 6.45) is 4.08. The van der Waals surface area contributed by atoms with Crippen molar-refractivity contribution in [3.8, 4) is 5.75 Å². The molecule has 28 heavy (non-hydrogen) atoms. The van der Waals surface area contributed by atoms with Crippen LogP contribution in [0.4, 0.5) is 4.39 Å². The first-order valence-corrected chi connectivity index (χ1v) is 10.0. The number of aromatic nitrogens is 1. The fraction of sp³-hybridized carbons (Fsp3) is 0.500. The number of hydrogen-bond acceptors (Lipinski definition) is 5. The van der Waals surface area contributed by atoms with Gasteiger partial charge in [-0.15, -0.1) is 0 Å². The van der Waals surface area contributed by atoms with Crippen LogP contribution in [0.15, 0.2) is 42.6 Å². The predicted octanol–water partition coefficient (Wildman–Crippen LogP) is 2.94. The summed E-state index contributed by atoms with van der Waals surface area (Å²) >= 11 is 0.